The van der Waals surface area contributed by atoms with Crippen LogP contribution in [0.4, 0.5) is 5.69 Å². The number of hydrogen-bond acceptors (Lipinski definition) is 1. The van der Waals surface area contributed by atoms with Gasteiger partial charge in [0.2, 0.25) is 0 Å². The highest BCUT2D eigenvalue weighted by Gasteiger charge is 2.36. The second kappa shape index (κ2) is 3.43. The number of hydrogen-bond donors (Lipinski definition) is 1. The molecule has 0 unspecified atom stereocenters. The molecule has 14 heavy (non-hydrogen) atoms. The lowest BCUT2D eigenvalue weighted by molar-refractivity contribution is 0.729. The quantitative estimate of drug-likeness (QED) is 0.556. The molecule has 0 amide bonds. The Hall–Kier alpha value is -0.763. The van der Waals surface area contributed by atoms with Crippen molar-refractivity contribution in [3.63, 3.8) is 0 Å². The highest BCUT2D eigenvalue weighted by atomic mass is 28.3. The van der Waals surface area contributed by atoms with Gasteiger partial charge in [0.25, 0.3) is 0 Å². The lowest BCUT2D eigenvalue weighted by atomic mass is 10.2. The van der Waals surface area contributed by atoms with Gasteiger partial charge in [-0.2, -0.15) is 0 Å². The van der Waals surface area contributed by atoms with E-state index in [-0.39, 0.29) is 0 Å². The van der Waals surface area contributed by atoms with Crippen molar-refractivity contribution in [2.75, 3.05) is 5.73 Å². The maximum absolute atomic E-state index is 5.69. The van der Waals surface area contributed by atoms with Crippen LogP contribution in [0.1, 0.15) is 20.8 Å². The number of nitrogen functional groups attached to an aromatic ring is 1. The van der Waals surface area contributed by atoms with Gasteiger partial charge in [0, 0.05) is 5.69 Å². The standard InChI is InChI=1S/C12H21NSi/c1-12(2,3)14(4,5)11-8-6-10(13)7-9-11/h6-9H,13H2,1-5H3. The summed E-state index contributed by atoms with van der Waals surface area (Å²) in [6.07, 6.45) is 0. The first-order valence-corrected chi connectivity index (χ1v) is 8.11. The van der Waals surface area contributed by atoms with E-state index in [1.165, 1.54) is 5.19 Å². The van der Waals surface area contributed by atoms with Gasteiger partial charge in [-0.05, 0) is 17.2 Å². The molecule has 0 atom stereocenters. The SMILES string of the molecule is CC(C)(C)[Si](C)(C)c1ccc(N)cc1. The maximum atomic E-state index is 5.69. The van der Waals surface area contributed by atoms with Crippen LogP contribution >= 0.6 is 0 Å². The molecule has 1 aromatic rings. The Morgan fingerprint density at radius 2 is 1.43 bits per heavy atom. The van der Waals surface area contributed by atoms with Crippen molar-refractivity contribution in [3.05, 3.63) is 24.3 Å². The molecule has 2 N–H and O–H groups in total. The van der Waals surface area contributed by atoms with Gasteiger partial charge in [0.05, 0.1) is 8.07 Å². The van der Waals surface area contributed by atoms with Crippen LogP contribution in [0, 0.1) is 0 Å². The monoisotopic (exact) mass is 207 g/mol. The summed E-state index contributed by atoms with van der Waals surface area (Å²) in [6.45, 7) is 11.8. The largest absolute Gasteiger partial charge is 0.399 e. The zero-order chi connectivity index (χ0) is 11.0. The predicted octanol–water partition coefficient (Wildman–Crippen LogP) is 2.98. The normalized spacial score (nSPS) is 12.9. The second-order valence-corrected chi connectivity index (χ2v) is 10.8. The van der Waals surface area contributed by atoms with Crippen LogP contribution < -0.4 is 10.9 Å². The van der Waals surface area contributed by atoms with E-state index >= 15 is 0 Å². The Labute approximate surface area is 88.3 Å². The molecule has 1 nitrogen and oxygen atoms in total. The minimum atomic E-state index is -1.36. The molecule has 0 radical (unpaired) electrons. The molecule has 0 spiro atoms. The van der Waals surface area contributed by atoms with Gasteiger partial charge in [0.1, 0.15) is 0 Å². The Balaban J connectivity index is 3.10. The first kappa shape index (κ1) is 11.3. The number of anilines is 1. The highest BCUT2D eigenvalue weighted by Crippen LogP contribution is 2.35. The summed E-state index contributed by atoms with van der Waals surface area (Å²) in [6, 6.07) is 8.39. The van der Waals surface area contributed by atoms with Crippen LogP contribution in [-0.4, -0.2) is 8.07 Å². The third-order valence-electron chi connectivity index (χ3n) is 3.51. The van der Waals surface area contributed by atoms with E-state index in [1.54, 1.807) is 0 Å². The fourth-order valence-corrected chi connectivity index (χ4v) is 3.20. The molecule has 0 aliphatic rings. The summed E-state index contributed by atoms with van der Waals surface area (Å²) in [5, 5.41) is 1.88. The van der Waals surface area contributed by atoms with Crippen molar-refractivity contribution in [1.82, 2.24) is 0 Å². The third-order valence-corrected chi connectivity index (χ3v) is 9.03. The Morgan fingerprint density at radius 1 is 1.00 bits per heavy atom. The molecular weight excluding hydrogens is 186 g/mol. The van der Waals surface area contributed by atoms with Crippen molar-refractivity contribution in [3.8, 4) is 0 Å². The number of nitrogens with two attached hydrogens (primary N) is 1. The fraction of sp³-hybridized carbons (Fsp3) is 0.500. The van der Waals surface area contributed by atoms with E-state index in [1.807, 2.05) is 12.1 Å². The van der Waals surface area contributed by atoms with Crippen LogP contribution in [0.25, 0.3) is 0 Å². The summed E-state index contributed by atoms with van der Waals surface area (Å²) in [7, 11) is -1.36. The number of benzene rings is 1. The van der Waals surface area contributed by atoms with Crippen molar-refractivity contribution < 1.29 is 0 Å². The molecule has 0 saturated heterocycles. The first-order chi connectivity index (χ1) is 6.25. The Bertz CT molecular complexity index is 306. The average Bonchev–Trinajstić information content (AvgIpc) is 2.03. The minimum absolute atomic E-state index is 0.392. The van der Waals surface area contributed by atoms with Gasteiger partial charge in [-0.1, -0.05) is 51.2 Å². The molecule has 2 heteroatoms. The molecule has 0 fully saturated rings. The summed E-state index contributed by atoms with van der Waals surface area (Å²) >= 11 is 0. The van der Waals surface area contributed by atoms with Crippen molar-refractivity contribution in [2.45, 2.75) is 38.9 Å². The van der Waals surface area contributed by atoms with E-state index in [0.29, 0.717) is 5.04 Å². The van der Waals surface area contributed by atoms with Gasteiger partial charge in [0.15, 0.2) is 0 Å². The first-order valence-electron chi connectivity index (χ1n) is 5.11. The van der Waals surface area contributed by atoms with Crippen LogP contribution in [0.3, 0.4) is 0 Å². The zero-order valence-electron chi connectivity index (χ0n) is 9.89. The molecule has 0 aliphatic carbocycles. The van der Waals surface area contributed by atoms with Crippen molar-refractivity contribution >= 4 is 18.9 Å². The smallest absolute Gasteiger partial charge is 0.0859 e. The van der Waals surface area contributed by atoms with Crippen LogP contribution in [0.5, 0.6) is 0 Å². The Morgan fingerprint density at radius 3 is 1.79 bits per heavy atom. The molecule has 1 rings (SSSR count). The summed E-state index contributed by atoms with van der Waals surface area (Å²) in [5.41, 5.74) is 6.55. The summed E-state index contributed by atoms with van der Waals surface area (Å²) in [5.74, 6) is 0. The fourth-order valence-electron chi connectivity index (χ4n) is 1.33. The zero-order valence-corrected chi connectivity index (χ0v) is 10.9. The topological polar surface area (TPSA) is 26.0 Å². The molecule has 0 heterocycles. The minimum Gasteiger partial charge on any atom is -0.399 e. The second-order valence-electron chi connectivity index (χ2n) is 5.50. The predicted molar refractivity (Wildman–Crippen MR) is 67.7 cm³/mol. The molecule has 0 aliphatic heterocycles. The average molecular weight is 207 g/mol. The van der Waals surface area contributed by atoms with E-state index < -0.39 is 8.07 Å². The lowest BCUT2D eigenvalue weighted by Gasteiger charge is -2.37. The van der Waals surface area contributed by atoms with Gasteiger partial charge in [-0.25, -0.2) is 0 Å². The summed E-state index contributed by atoms with van der Waals surface area (Å²) < 4.78 is 0. The van der Waals surface area contributed by atoms with E-state index in [2.05, 4.69) is 46.0 Å². The van der Waals surface area contributed by atoms with Crippen LogP contribution in [0.2, 0.25) is 18.1 Å². The number of rotatable bonds is 1. The van der Waals surface area contributed by atoms with Crippen LogP contribution in [0.15, 0.2) is 24.3 Å². The molecule has 0 bridgehead atoms. The molecule has 0 saturated carbocycles. The highest BCUT2D eigenvalue weighted by molar-refractivity contribution is 6.92. The van der Waals surface area contributed by atoms with E-state index in [9.17, 15) is 0 Å². The van der Waals surface area contributed by atoms with E-state index in [4.69, 9.17) is 5.73 Å². The molecular formula is C12H21NSi. The van der Waals surface area contributed by atoms with E-state index in [0.717, 1.165) is 5.69 Å². The van der Waals surface area contributed by atoms with Gasteiger partial charge < -0.3 is 5.73 Å². The van der Waals surface area contributed by atoms with Gasteiger partial charge in [-0.15, -0.1) is 0 Å². The van der Waals surface area contributed by atoms with Crippen molar-refractivity contribution in [2.24, 2.45) is 0 Å². The lowest BCUT2D eigenvalue weighted by Crippen LogP contribution is -2.49. The molecule has 0 aromatic heterocycles. The van der Waals surface area contributed by atoms with Gasteiger partial charge >= 0.3 is 0 Å². The van der Waals surface area contributed by atoms with Crippen molar-refractivity contribution in [1.29, 1.82) is 0 Å². The third kappa shape index (κ3) is 2.00. The summed E-state index contributed by atoms with van der Waals surface area (Å²) in [4.78, 5) is 0. The maximum Gasteiger partial charge on any atom is 0.0859 e. The Kier molecular flexibility index (Phi) is 2.77. The molecule has 78 valence electrons. The van der Waals surface area contributed by atoms with Gasteiger partial charge in [-0.3, -0.25) is 0 Å². The van der Waals surface area contributed by atoms with Crippen LogP contribution in [-0.2, 0) is 0 Å². The molecule has 1 aromatic carbocycles.